The van der Waals surface area contributed by atoms with Crippen molar-refractivity contribution in [2.24, 2.45) is 0 Å². The molecule has 0 bridgehead atoms. The van der Waals surface area contributed by atoms with Gasteiger partial charge in [0.1, 0.15) is 5.82 Å². The number of rotatable bonds is 3. The molecule has 0 radical (unpaired) electrons. The van der Waals surface area contributed by atoms with Gasteiger partial charge < -0.3 is 0 Å². The molecule has 0 saturated carbocycles. The maximum Gasteiger partial charge on any atom is 0.149 e. The molecule has 0 N–H and O–H groups in total. The Morgan fingerprint density at radius 1 is 0.905 bits per heavy atom. The van der Waals surface area contributed by atoms with Crippen LogP contribution in [0.4, 0.5) is 4.39 Å². The van der Waals surface area contributed by atoms with Crippen molar-refractivity contribution in [1.82, 2.24) is 0 Å². The Morgan fingerprint density at radius 3 is 2.33 bits per heavy atom. The van der Waals surface area contributed by atoms with Crippen LogP contribution in [0.25, 0.3) is 21.9 Å². The second-order valence-electron chi connectivity index (χ2n) is 5.24. The van der Waals surface area contributed by atoms with Crippen molar-refractivity contribution in [3.63, 3.8) is 0 Å². The minimum absolute atomic E-state index is 0.166. The lowest BCUT2D eigenvalue weighted by Gasteiger charge is -2.07. The molecule has 21 heavy (non-hydrogen) atoms. The highest BCUT2D eigenvalue weighted by atomic mass is 35.5. The summed E-state index contributed by atoms with van der Waals surface area (Å²) in [6.07, 6.45) is 2.25. The second-order valence-corrected chi connectivity index (χ2v) is 5.65. The molecular weight excluding hydrogens is 283 g/mol. The van der Waals surface area contributed by atoms with Crippen molar-refractivity contribution in [2.45, 2.75) is 19.8 Å². The van der Waals surface area contributed by atoms with Crippen LogP contribution in [0.1, 0.15) is 18.9 Å². The van der Waals surface area contributed by atoms with E-state index in [-0.39, 0.29) is 10.8 Å². The lowest BCUT2D eigenvalue weighted by Crippen LogP contribution is -1.85. The topological polar surface area (TPSA) is 0 Å². The molecule has 0 atom stereocenters. The minimum Gasteiger partial charge on any atom is -0.205 e. The molecule has 0 aliphatic rings. The van der Waals surface area contributed by atoms with Gasteiger partial charge in [0, 0.05) is 5.39 Å². The quantitative estimate of drug-likeness (QED) is 0.536. The summed E-state index contributed by atoms with van der Waals surface area (Å²) in [6.45, 7) is 2.18. The molecule has 0 nitrogen and oxygen atoms in total. The van der Waals surface area contributed by atoms with E-state index in [1.165, 1.54) is 5.56 Å². The van der Waals surface area contributed by atoms with Gasteiger partial charge in [-0.05, 0) is 40.6 Å². The summed E-state index contributed by atoms with van der Waals surface area (Å²) in [5, 5.41) is 1.60. The van der Waals surface area contributed by atoms with Gasteiger partial charge in [-0.15, -0.1) is 0 Å². The molecule has 0 aliphatic carbocycles. The zero-order chi connectivity index (χ0) is 14.8. The Balaban J connectivity index is 2.02. The van der Waals surface area contributed by atoms with Crippen molar-refractivity contribution in [2.75, 3.05) is 0 Å². The van der Waals surface area contributed by atoms with Crippen molar-refractivity contribution in [3.05, 3.63) is 71.0 Å². The summed E-state index contributed by atoms with van der Waals surface area (Å²) in [7, 11) is 0. The number of fused-ring (bicyclic) bond motifs is 1. The van der Waals surface area contributed by atoms with E-state index in [1.54, 1.807) is 12.1 Å². The molecule has 0 fully saturated rings. The van der Waals surface area contributed by atoms with Crippen LogP contribution in [0, 0.1) is 5.82 Å². The Hall–Kier alpha value is -1.86. The Morgan fingerprint density at radius 2 is 1.62 bits per heavy atom. The average molecular weight is 299 g/mol. The highest BCUT2D eigenvalue weighted by Crippen LogP contribution is 2.29. The largest absolute Gasteiger partial charge is 0.205 e. The van der Waals surface area contributed by atoms with Crippen LogP contribution in [0.3, 0.4) is 0 Å². The van der Waals surface area contributed by atoms with Gasteiger partial charge in [-0.25, -0.2) is 4.39 Å². The first-order valence-corrected chi connectivity index (χ1v) is 7.54. The van der Waals surface area contributed by atoms with Crippen molar-refractivity contribution in [3.8, 4) is 11.1 Å². The zero-order valence-electron chi connectivity index (χ0n) is 11.9. The molecule has 0 heterocycles. The van der Waals surface area contributed by atoms with Crippen molar-refractivity contribution in [1.29, 1.82) is 0 Å². The fourth-order valence-corrected chi connectivity index (χ4v) is 2.76. The van der Waals surface area contributed by atoms with Gasteiger partial charge in [-0.3, -0.25) is 0 Å². The highest BCUT2D eigenvalue weighted by molar-refractivity contribution is 6.31. The van der Waals surface area contributed by atoms with Gasteiger partial charge in [0.15, 0.2) is 0 Å². The molecular formula is C19H16ClF. The number of halogens is 2. The predicted molar refractivity (Wildman–Crippen MR) is 88.3 cm³/mol. The maximum absolute atomic E-state index is 13.9. The van der Waals surface area contributed by atoms with E-state index in [2.05, 4.69) is 31.2 Å². The van der Waals surface area contributed by atoms with E-state index in [0.717, 1.165) is 29.4 Å². The van der Waals surface area contributed by atoms with Gasteiger partial charge in [-0.2, -0.15) is 0 Å². The minimum atomic E-state index is -0.348. The van der Waals surface area contributed by atoms with Gasteiger partial charge in [0.25, 0.3) is 0 Å². The Kier molecular flexibility index (Phi) is 3.94. The SMILES string of the molecule is CCCc1ccc(-c2ccc3c(F)c(Cl)ccc3c2)cc1. The van der Waals surface area contributed by atoms with Crippen LogP contribution in [-0.2, 0) is 6.42 Å². The van der Waals surface area contributed by atoms with Crippen LogP contribution in [0.5, 0.6) is 0 Å². The number of hydrogen-bond acceptors (Lipinski definition) is 0. The average Bonchev–Trinajstić information content (AvgIpc) is 2.52. The van der Waals surface area contributed by atoms with Crippen molar-refractivity contribution < 1.29 is 4.39 Å². The molecule has 0 unspecified atom stereocenters. The third kappa shape index (κ3) is 2.79. The molecule has 0 aromatic heterocycles. The van der Waals surface area contributed by atoms with E-state index >= 15 is 0 Å². The normalized spacial score (nSPS) is 11.0. The van der Waals surface area contributed by atoms with Gasteiger partial charge in [-0.1, -0.05) is 67.4 Å². The summed E-state index contributed by atoms with van der Waals surface area (Å²) >= 11 is 5.82. The molecule has 3 aromatic carbocycles. The maximum atomic E-state index is 13.9. The van der Waals surface area contributed by atoms with Crippen molar-refractivity contribution >= 4 is 22.4 Å². The first-order valence-electron chi connectivity index (χ1n) is 7.16. The van der Waals surface area contributed by atoms with Crippen LogP contribution < -0.4 is 0 Å². The summed E-state index contributed by atoms with van der Waals surface area (Å²) in [6, 6.07) is 17.8. The molecule has 3 aromatic rings. The van der Waals surface area contributed by atoms with Crippen LogP contribution in [-0.4, -0.2) is 0 Å². The molecule has 3 rings (SSSR count). The summed E-state index contributed by atoms with van der Waals surface area (Å²) in [5.74, 6) is -0.348. The van der Waals surface area contributed by atoms with Crippen LogP contribution in [0.15, 0.2) is 54.6 Å². The first-order chi connectivity index (χ1) is 10.2. The Bertz CT molecular complexity index is 775. The lowest BCUT2D eigenvalue weighted by atomic mass is 9.99. The van der Waals surface area contributed by atoms with E-state index in [9.17, 15) is 4.39 Å². The lowest BCUT2D eigenvalue weighted by molar-refractivity contribution is 0.640. The fraction of sp³-hybridized carbons (Fsp3) is 0.158. The summed E-state index contributed by atoms with van der Waals surface area (Å²) < 4.78 is 13.9. The number of hydrogen-bond donors (Lipinski definition) is 0. The van der Waals surface area contributed by atoms with Crippen LogP contribution >= 0.6 is 11.6 Å². The molecule has 0 aliphatic heterocycles. The summed E-state index contributed by atoms with van der Waals surface area (Å²) in [4.78, 5) is 0. The van der Waals surface area contributed by atoms with Crippen LogP contribution in [0.2, 0.25) is 5.02 Å². The molecule has 106 valence electrons. The standard InChI is InChI=1S/C19H16ClF/c1-2-3-13-4-6-14(7-5-13)15-8-10-17-16(12-15)9-11-18(20)19(17)21/h4-12H,2-3H2,1H3. The number of benzene rings is 3. The highest BCUT2D eigenvalue weighted by Gasteiger charge is 2.07. The third-order valence-electron chi connectivity index (χ3n) is 3.73. The molecule has 0 amide bonds. The molecule has 2 heteroatoms. The van der Waals surface area contributed by atoms with E-state index in [1.807, 2.05) is 18.2 Å². The second kappa shape index (κ2) is 5.87. The summed E-state index contributed by atoms with van der Waals surface area (Å²) in [5.41, 5.74) is 3.58. The van der Waals surface area contributed by atoms with E-state index in [0.29, 0.717) is 5.39 Å². The zero-order valence-corrected chi connectivity index (χ0v) is 12.6. The fourth-order valence-electron chi connectivity index (χ4n) is 2.60. The van der Waals surface area contributed by atoms with E-state index in [4.69, 9.17) is 11.6 Å². The Labute approximate surface area is 129 Å². The predicted octanol–water partition coefficient (Wildman–Crippen LogP) is 6.25. The molecule has 0 saturated heterocycles. The number of aryl methyl sites for hydroxylation is 1. The smallest absolute Gasteiger partial charge is 0.149 e. The van der Waals surface area contributed by atoms with Gasteiger partial charge in [0.2, 0.25) is 0 Å². The van der Waals surface area contributed by atoms with E-state index < -0.39 is 0 Å². The molecule has 0 spiro atoms. The van der Waals surface area contributed by atoms with Gasteiger partial charge >= 0.3 is 0 Å². The first kappa shape index (κ1) is 14.1. The van der Waals surface area contributed by atoms with Gasteiger partial charge in [0.05, 0.1) is 5.02 Å². The monoisotopic (exact) mass is 298 g/mol. The third-order valence-corrected chi connectivity index (χ3v) is 4.02.